The third-order valence-corrected chi connectivity index (χ3v) is 3.21. The third kappa shape index (κ3) is 3.49. The predicted octanol–water partition coefficient (Wildman–Crippen LogP) is 4.00. The van der Waals surface area contributed by atoms with Crippen molar-refractivity contribution in [1.29, 1.82) is 0 Å². The lowest BCUT2D eigenvalue weighted by molar-refractivity contribution is 0.261. The number of phenols is 1. The fourth-order valence-corrected chi connectivity index (χ4v) is 2.09. The molecule has 1 heterocycles. The molecule has 3 aromatic rings. The molecule has 0 atom stereocenters. The first-order chi connectivity index (χ1) is 11.1. The van der Waals surface area contributed by atoms with Crippen molar-refractivity contribution in [3.05, 3.63) is 60.2 Å². The largest absolute Gasteiger partial charge is 0.506 e. The number of carbonyl (C=O) groups is 1. The number of nitrogens with one attached hydrogen (secondary N) is 2. The molecule has 0 fully saturated rings. The molecule has 2 aromatic carbocycles. The molecule has 3 rings (SSSR count). The fourth-order valence-electron chi connectivity index (χ4n) is 2.09. The SMILES string of the molecule is Cc1ccc(O)c(NC(=O)Nc2cc(-c3ccccc3)on2)c1. The molecule has 23 heavy (non-hydrogen) atoms. The number of aryl methyl sites for hydroxylation is 1. The zero-order valence-electron chi connectivity index (χ0n) is 12.4. The Morgan fingerprint density at radius 2 is 1.87 bits per heavy atom. The lowest BCUT2D eigenvalue weighted by atomic mass is 10.2. The van der Waals surface area contributed by atoms with Crippen LogP contribution in [0.1, 0.15) is 5.56 Å². The van der Waals surface area contributed by atoms with Crippen molar-refractivity contribution in [2.24, 2.45) is 0 Å². The van der Waals surface area contributed by atoms with Crippen molar-refractivity contribution in [3.8, 4) is 17.1 Å². The Labute approximate surface area is 132 Å². The van der Waals surface area contributed by atoms with Crippen molar-refractivity contribution >= 4 is 17.5 Å². The van der Waals surface area contributed by atoms with E-state index in [0.717, 1.165) is 11.1 Å². The first-order valence-electron chi connectivity index (χ1n) is 7.01. The highest BCUT2D eigenvalue weighted by molar-refractivity contribution is 6.00. The van der Waals surface area contributed by atoms with Crippen molar-refractivity contribution in [1.82, 2.24) is 5.16 Å². The average molecular weight is 309 g/mol. The lowest BCUT2D eigenvalue weighted by Gasteiger charge is -2.07. The number of carbonyl (C=O) groups excluding carboxylic acids is 1. The quantitative estimate of drug-likeness (QED) is 0.638. The molecule has 0 spiro atoms. The smallest absolute Gasteiger partial charge is 0.325 e. The first kappa shape index (κ1) is 14.6. The Morgan fingerprint density at radius 3 is 2.65 bits per heavy atom. The van der Waals surface area contributed by atoms with Crippen LogP contribution in [0.5, 0.6) is 5.75 Å². The van der Waals surface area contributed by atoms with Gasteiger partial charge in [0.1, 0.15) is 5.75 Å². The normalized spacial score (nSPS) is 10.3. The van der Waals surface area contributed by atoms with E-state index in [1.54, 1.807) is 18.2 Å². The second-order valence-electron chi connectivity index (χ2n) is 5.04. The summed E-state index contributed by atoms with van der Waals surface area (Å²) in [6.07, 6.45) is 0. The van der Waals surface area contributed by atoms with Crippen LogP contribution in [-0.4, -0.2) is 16.3 Å². The number of benzene rings is 2. The molecule has 0 aliphatic heterocycles. The minimum atomic E-state index is -0.515. The predicted molar refractivity (Wildman–Crippen MR) is 87.4 cm³/mol. The maximum atomic E-state index is 12.0. The number of hydrogen-bond acceptors (Lipinski definition) is 4. The van der Waals surface area contributed by atoms with Crippen LogP contribution in [0, 0.1) is 6.92 Å². The molecule has 0 aliphatic rings. The maximum absolute atomic E-state index is 12.0. The fraction of sp³-hybridized carbons (Fsp3) is 0.0588. The number of aromatic hydroxyl groups is 1. The van der Waals surface area contributed by atoms with Crippen molar-refractivity contribution in [3.63, 3.8) is 0 Å². The number of urea groups is 1. The van der Waals surface area contributed by atoms with Crippen LogP contribution in [0.15, 0.2) is 59.1 Å². The second-order valence-corrected chi connectivity index (χ2v) is 5.04. The number of amides is 2. The summed E-state index contributed by atoms with van der Waals surface area (Å²) in [5.41, 5.74) is 2.12. The summed E-state index contributed by atoms with van der Waals surface area (Å²) in [4.78, 5) is 12.0. The van der Waals surface area contributed by atoms with Gasteiger partial charge in [-0.05, 0) is 24.6 Å². The van der Waals surface area contributed by atoms with Crippen LogP contribution in [0.25, 0.3) is 11.3 Å². The molecule has 2 amide bonds. The summed E-state index contributed by atoms with van der Waals surface area (Å²) < 4.78 is 5.20. The maximum Gasteiger partial charge on any atom is 0.325 e. The van der Waals surface area contributed by atoms with E-state index in [4.69, 9.17) is 4.52 Å². The lowest BCUT2D eigenvalue weighted by Crippen LogP contribution is -2.19. The highest BCUT2D eigenvalue weighted by Gasteiger charge is 2.11. The van der Waals surface area contributed by atoms with Gasteiger partial charge in [0.25, 0.3) is 0 Å². The highest BCUT2D eigenvalue weighted by Crippen LogP contribution is 2.25. The minimum absolute atomic E-state index is 0.00382. The third-order valence-electron chi connectivity index (χ3n) is 3.21. The molecule has 0 radical (unpaired) electrons. The Hall–Kier alpha value is -3.28. The molecule has 0 unspecified atom stereocenters. The Morgan fingerprint density at radius 1 is 1.09 bits per heavy atom. The monoisotopic (exact) mass is 309 g/mol. The number of hydrogen-bond donors (Lipinski definition) is 3. The van der Waals surface area contributed by atoms with E-state index in [1.165, 1.54) is 6.07 Å². The van der Waals surface area contributed by atoms with E-state index in [-0.39, 0.29) is 11.6 Å². The van der Waals surface area contributed by atoms with Crippen LogP contribution in [-0.2, 0) is 0 Å². The van der Waals surface area contributed by atoms with E-state index in [1.807, 2.05) is 37.3 Å². The van der Waals surface area contributed by atoms with Crippen LogP contribution in [0.2, 0.25) is 0 Å². The molecule has 0 saturated carbocycles. The van der Waals surface area contributed by atoms with Gasteiger partial charge < -0.3 is 14.9 Å². The average Bonchev–Trinajstić information content (AvgIpc) is 3.00. The number of nitrogens with zero attached hydrogens (tertiary/aromatic N) is 1. The summed E-state index contributed by atoms with van der Waals surface area (Å²) >= 11 is 0. The van der Waals surface area contributed by atoms with Gasteiger partial charge in [-0.25, -0.2) is 4.79 Å². The summed E-state index contributed by atoms with van der Waals surface area (Å²) in [5, 5.41) is 18.7. The van der Waals surface area contributed by atoms with Crippen LogP contribution in [0.3, 0.4) is 0 Å². The van der Waals surface area contributed by atoms with Gasteiger partial charge in [0.2, 0.25) is 0 Å². The van der Waals surface area contributed by atoms with Crippen LogP contribution in [0.4, 0.5) is 16.3 Å². The van der Waals surface area contributed by atoms with Gasteiger partial charge >= 0.3 is 6.03 Å². The van der Waals surface area contributed by atoms with Gasteiger partial charge in [-0.15, -0.1) is 0 Å². The molecular weight excluding hydrogens is 294 g/mol. The summed E-state index contributed by atoms with van der Waals surface area (Å²) in [7, 11) is 0. The molecule has 6 nitrogen and oxygen atoms in total. The minimum Gasteiger partial charge on any atom is -0.506 e. The zero-order chi connectivity index (χ0) is 16.2. The molecule has 1 aromatic heterocycles. The Bertz CT molecular complexity index is 828. The molecule has 6 heteroatoms. The van der Waals surface area contributed by atoms with E-state index in [2.05, 4.69) is 15.8 Å². The first-order valence-corrected chi connectivity index (χ1v) is 7.01. The summed E-state index contributed by atoms with van der Waals surface area (Å²) in [6.45, 7) is 1.87. The molecule has 0 aliphatic carbocycles. The molecule has 116 valence electrons. The van der Waals surface area contributed by atoms with Crippen LogP contribution >= 0.6 is 0 Å². The number of aromatic nitrogens is 1. The molecule has 3 N–H and O–H groups in total. The Kier molecular flexibility index (Phi) is 3.97. The van der Waals surface area contributed by atoms with Crippen molar-refractivity contribution < 1.29 is 14.4 Å². The van der Waals surface area contributed by atoms with Crippen LogP contribution < -0.4 is 10.6 Å². The van der Waals surface area contributed by atoms with Gasteiger partial charge in [-0.1, -0.05) is 41.6 Å². The van der Waals surface area contributed by atoms with Gasteiger partial charge in [0, 0.05) is 11.6 Å². The topological polar surface area (TPSA) is 87.4 Å². The number of rotatable bonds is 3. The molecule has 0 saturated heterocycles. The highest BCUT2D eigenvalue weighted by atomic mass is 16.5. The number of phenolic OH excluding ortho intramolecular Hbond substituents is 1. The second kappa shape index (κ2) is 6.23. The summed E-state index contributed by atoms with van der Waals surface area (Å²) in [6, 6.07) is 15.5. The van der Waals surface area contributed by atoms with E-state index in [9.17, 15) is 9.90 Å². The van der Waals surface area contributed by atoms with Crippen molar-refractivity contribution in [2.75, 3.05) is 10.6 Å². The summed E-state index contributed by atoms with van der Waals surface area (Å²) in [5.74, 6) is 0.837. The van der Waals surface area contributed by atoms with Gasteiger partial charge in [-0.2, -0.15) is 0 Å². The van der Waals surface area contributed by atoms with Crippen molar-refractivity contribution in [2.45, 2.75) is 6.92 Å². The van der Waals surface area contributed by atoms with Gasteiger partial charge in [0.05, 0.1) is 5.69 Å². The van der Waals surface area contributed by atoms with Gasteiger partial charge in [-0.3, -0.25) is 5.32 Å². The Balaban J connectivity index is 1.69. The zero-order valence-corrected chi connectivity index (χ0v) is 12.4. The standard InChI is InChI=1S/C17H15N3O3/c1-11-7-8-14(21)13(9-11)18-17(22)19-16-10-15(23-20-16)12-5-3-2-4-6-12/h2-10,21H,1H3,(H2,18,19,20,22). The molecular formula is C17H15N3O3. The van der Waals surface area contributed by atoms with E-state index < -0.39 is 6.03 Å². The van der Waals surface area contributed by atoms with E-state index >= 15 is 0 Å². The van der Waals surface area contributed by atoms with E-state index in [0.29, 0.717) is 11.4 Å². The number of anilines is 2. The molecule has 0 bridgehead atoms. The van der Waals surface area contributed by atoms with Gasteiger partial charge in [0.15, 0.2) is 11.6 Å².